The number of carbonyl (C=O) groups is 1. The Kier molecular flexibility index (Phi) is 3.93. The molecule has 0 saturated heterocycles. The Morgan fingerprint density at radius 2 is 2.10 bits per heavy atom. The summed E-state index contributed by atoms with van der Waals surface area (Å²) in [5.41, 5.74) is 8.17. The topological polar surface area (TPSA) is 58.4 Å². The maximum absolute atomic E-state index is 12.6. The highest BCUT2D eigenvalue weighted by molar-refractivity contribution is 6.00. The summed E-state index contributed by atoms with van der Waals surface area (Å²) < 4.78 is 0. The van der Waals surface area contributed by atoms with Crippen molar-refractivity contribution in [1.29, 1.82) is 0 Å². The molecule has 1 aliphatic rings. The van der Waals surface area contributed by atoms with Crippen molar-refractivity contribution < 1.29 is 4.79 Å². The minimum Gasteiger partial charge on any atom is -0.399 e. The average Bonchev–Trinajstić information content (AvgIpc) is 2.68. The average molecular weight is 275 g/mol. The van der Waals surface area contributed by atoms with E-state index < -0.39 is 0 Å². The van der Waals surface area contributed by atoms with Gasteiger partial charge in [-0.3, -0.25) is 4.79 Å². The molecule has 2 rings (SSSR count). The zero-order chi connectivity index (χ0) is 14.9. The summed E-state index contributed by atoms with van der Waals surface area (Å²) in [6.45, 7) is 4.44. The third-order valence-electron chi connectivity index (χ3n) is 4.31. The van der Waals surface area contributed by atoms with Crippen molar-refractivity contribution in [3.8, 4) is 0 Å². The first kappa shape index (κ1) is 14.7. The van der Waals surface area contributed by atoms with Gasteiger partial charge in [0, 0.05) is 31.5 Å². The van der Waals surface area contributed by atoms with Crippen molar-refractivity contribution in [3.63, 3.8) is 0 Å². The second-order valence-corrected chi connectivity index (χ2v) is 6.58. The van der Waals surface area contributed by atoms with Crippen molar-refractivity contribution >= 4 is 17.3 Å². The van der Waals surface area contributed by atoms with E-state index in [4.69, 9.17) is 5.73 Å². The highest BCUT2D eigenvalue weighted by atomic mass is 16.1. The second-order valence-electron chi connectivity index (χ2n) is 6.58. The van der Waals surface area contributed by atoms with Gasteiger partial charge in [0.05, 0.1) is 5.56 Å². The van der Waals surface area contributed by atoms with E-state index in [1.807, 2.05) is 31.1 Å². The van der Waals surface area contributed by atoms with Crippen LogP contribution in [0.4, 0.5) is 11.4 Å². The number of nitrogens with two attached hydrogens (primary N) is 1. The molecule has 0 radical (unpaired) electrons. The van der Waals surface area contributed by atoms with Gasteiger partial charge >= 0.3 is 0 Å². The quantitative estimate of drug-likeness (QED) is 0.834. The van der Waals surface area contributed by atoms with Crippen LogP contribution in [0.5, 0.6) is 0 Å². The molecular weight excluding hydrogens is 250 g/mol. The minimum absolute atomic E-state index is 0.0269. The zero-order valence-electron chi connectivity index (χ0n) is 12.9. The standard InChI is InChI=1S/C16H25N3O/c1-16(2)9-5-6-14(16)18-15(20)12-10-11(17)7-8-13(12)19(3)4/h7-8,10,14H,5-6,9,17H2,1-4H3,(H,18,20). The Balaban J connectivity index is 2.23. The van der Waals surface area contributed by atoms with E-state index in [0.717, 1.165) is 18.5 Å². The van der Waals surface area contributed by atoms with Crippen LogP contribution < -0.4 is 16.0 Å². The van der Waals surface area contributed by atoms with Crippen LogP contribution in [-0.2, 0) is 0 Å². The van der Waals surface area contributed by atoms with Crippen LogP contribution in [0.1, 0.15) is 43.5 Å². The lowest BCUT2D eigenvalue weighted by atomic mass is 9.87. The molecule has 0 spiro atoms. The molecule has 0 aromatic heterocycles. The third kappa shape index (κ3) is 2.89. The minimum atomic E-state index is -0.0269. The molecule has 20 heavy (non-hydrogen) atoms. The predicted octanol–water partition coefficient (Wildman–Crippen LogP) is 2.64. The summed E-state index contributed by atoms with van der Waals surface area (Å²) in [5.74, 6) is -0.0269. The van der Waals surface area contributed by atoms with Gasteiger partial charge in [-0.2, -0.15) is 0 Å². The number of nitrogen functional groups attached to an aromatic ring is 1. The van der Waals surface area contributed by atoms with E-state index in [1.54, 1.807) is 6.07 Å². The van der Waals surface area contributed by atoms with Crippen molar-refractivity contribution in [2.75, 3.05) is 24.7 Å². The molecule has 1 saturated carbocycles. The van der Waals surface area contributed by atoms with Gasteiger partial charge in [0.2, 0.25) is 0 Å². The highest BCUT2D eigenvalue weighted by Crippen LogP contribution is 2.37. The van der Waals surface area contributed by atoms with Gasteiger partial charge in [0.1, 0.15) is 0 Å². The molecule has 0 bridgehead atoms. The van der Waals surface area contributed by atoms with Crippen LogP contribution in [-0.4, -0.2) is 26.0 Å². The fourth-order valence-corrected chi connectivity index (χ4v) is 2.96. The van der Waals surface area contributed by atoms with Crippen LogP contribution in [0.3, 0.4) is 0 Å². The number of benzene rings is 1. The lowest BCUT2D eigenvalue weighted by molar-refractivity contribution is 0.0910. The van der Waals surface area contributed by atoms with Crippen LogP contribution in [0.15, 0.2) is 18.2 Å². The first-order valence-corrected chi connectivity index (χ1v) is 7.19. The second kappa shape index (κ2) is 5.35. The summed E-state index contributed by atoms with van der Waals surface area (Å²) in [4.78, 5) is 14.5. The van der Waals surface area contributed by atoms with Crippen molar-refractivity contribution in [3.05, 3.63) is 23.8 Å². The summed E-state index contributed by atoms with van der Waals surface area (Å²) in [7, 11) is 3.86. The van der Waals surface area contributed by atoms with Crippen LogP contribution in [0.25, 0.3) is 0 Å². The lowest BCUT2D eigenvalue weighted by Crippen LogP contribution is -2.41. The largest absolute Gasteiger partial charge is 0.399 e. The van der Waals surface area contributed by atoms with Crippen LogP contribution in [0.2, 0.25) is 0 Å². The Labute approximate surface area is 121 Å². The fourth-order valence-electron chi connectivity index (χ4n) is 2.96. The van der Waals surface area contributed by atoms with Gasteiger partial charge in [0.15, 0.2) is 0 Å². The summed E-state index contributed by atoms with van der Waals surface area (Å²) in [5, 5.41) is 3.19. The number of rotatable bonds is 3. The van der Waals surface area contributed by atoms with E-state index >= 15 is 0 Å². The lowest BCUT2D eigenvalue weighted by Gasteiger charge is -2.28. The Morgan fingerprint density at radius 3 is 2.65 bits per heavy atom. The molecule has 1 aromatic carbocycles. The van der Waals surface area contributed by atoms with Gasteiger partial charge in [-0.1, -0.05) is 20.3 Å². The number of anilines is 2. The molecular formula is C16H25N3O. The molecule has 0 aliphatic heterocycles. The van der Waals surface area contributed by atoms with Gasteiger partial charge in [-0.25, -0.2) is 0 Å². The van der Waals surface area contributed by atoms with Gasteiger partial charge in [-0.15, -0.1) is 0 Å². The molecule has 4 heteroatoms. The normalized spacial score (nSPS) is 20.7. The Bertz CT molecular complexity index is 508. The van der Waals surface area contributed by atoms with Crippen molar-refractivity contribution in [2.24, 2.45) is 5.41 Å². The number of hydrogen-bond donors (Lipinski definition) is 2. The fraction of sp³-hybridized carbons (Fsp3) is 0.562. The smallest absolute Gasteiger partial charge is 0.253 e. The molecule has 1 aliphatic carbocycles. The third-order valence-corrected chi connectivity index (χ3v) is 4.31. The summed E-state index contributed by atoms with van der Waals surface area (Å²) >= 11 is 0. The predicted molar refractivity (Wildman–Crippen MR) is 84.1 cm³/mol. The molecule has 3 N–H and O–H groups in total. The number of amides is 1. The molecule has 110 valence electrons. The molecule has 4 nitrogen and oxygen atoms in total. The number of hydrogen-bond acceptors (Lipinski definition) is 3. The Hall–Kier alpha value is -1.71. The van der Waals surface area contributed by atoms with E-state index in [-0.39, 0.29) is 17.4 Å². The van der Waals surface area contributed by atoms with Crippen LogP contribution >= 0.6 is 0 Å². The number of carbonyl (C=O) groups excluding carboxylic acids is 1. The maximum atomic E-state index is 12.6. The number of nitrogens with zero attached hydrogens (tertiary/aromatic N) is 1. The maximum Gasteiger partial charge on any atom is 0.253 e. The van der Waals surface area contributed by atoms with Gasteiger partial charge in [-0.05, 0) is 36.5 Å². The monoisotopic (exact) mass is 275 g/mol. The summed E-state index contributed by atoms with van der Waals surface area (Å²) in [6, 6.07) is 5.72. The molecule has 1 fully saturated rings. The first-order valence-electron chi connectivity index (χ1n) is 7.19. The van der Waals surface area contributed by atoms with Crippen LogP contribution in [0, 0.1) is 5.41 Å². The SMILES string of the molecule is CN(C)c1ccc(N)cc1C(=O)NC1CCCC1(C)C. The molecule has 1 amide bonds. The van der Waals surface area contributed by atoms with Gasteiger partial charge < -0.3 is 16.0 Å². The molecule has 1 unspecified atom stereocenters. The molecule has 0 heterocycles. The molecule has 1 aromatic rings. The highest BCUT2D eigenvalue weighted by Gasteiger charge is 2.35. The number of nitrogens with one attached hydrogen (secondary N) is 1. The van der Waals surface area contributed by atoms with Gasteiger partial charge in [0.25, 0.3) is 5.91 Å². The van der Waals surface area contributed by atoms with Crippen molar-refractivity contribution in [1.82, 2.24) is 5.32 Å². The van der Waals surface area contributed by atoms with E-state index in [2.05, 4.69) is 19.2 Å². The zero-order valence-corrected chi connectivity index (χ0v) is 12.9. The van der Waals surface area contributed by atoms with E-state index in [9.17, 15) is 4.79 Å². The summed E-state index contributed by atoms with van der Waals surface area (Å²) in [6.07, 6.45) is 3.39. The van der Waals surface area contributed by atoms with Crippen molar-refractivity contribution in [2.45, 2.75) is 39.2 Å². The van der Waals surface area contributed by atoms with E-state index in [1.165, 1.54) is 6.42 Å². The Morgan fingerprint density at radius 1 is 1.40 bits per heavy atom. The molecule has 1 atom stereocenters. The van der Waals surface area contributed by atoms with E-state index in [0.29, 0.717) is 11.3 Å². The first-order chi connectivity index (χ1) is 9.31.